The Morgan fingerprint density at radius 1 is 1.18 bits per heavy atom. The normalized spacial score (nSPS) is 19.7. The third kappa shape index (κ3) is 3.34. The van der Waals surface area contributed by atoms with Crippen LogP contribution in [0.3, 0.4) is 0 Å². The van der Waals surface area contributed by atoms with Crippen LogP contribution >= 0.6 is 0 Å². The quantitative estimate of drug-likeness (QED) is 0.484. The average molecular weight is 484 g/mol. The maximum atomic E-state index is 13.2. The van der Waals surface area contributed by atoms with Gasteiger partial charge in [-0.05, 0) is 38.1 Å². The molecule has 2 aromatic carbocycles. The van der Waals surface area contributed by atoms with Gasteiger partial charge in [-0.25, -0.2) is 8.42 Å². The lowest BCUT2D eigenvalue weighted by Gasteiger charge is -2.39. The SMILES string of the molecule is CC1(C)Oc2ccc(S(=O)(=O)C(F)(F)F)cc2C(N2Cc3c(cccc3[N+](=O)[O-])C2=O)C1=O. The molecule has 0 aliphatic carbocycles. The van der Waals surface area contributed by atoms with Gasteiger partial charge in [0.1, 0.15) is 11.8 Å². The molecular weight excluding hydrogens is 469 g/mol. The van der Waals surface area contributed by atoms with Gasteiger partial charge in [-0.15, -0.1) is 0 Å². The molecule has 4 rings (SSSR count). The number of amides is 1. The number of carbonyl (C=O) groups is 2. The zero-order valence-electron chi connectivity index (χ0n) is 17.0. The lowest BCUT2D eigenvalue weighted by molar-refractivity contribution is -0.385. The number of nitrogens with zero attached hydrogens (tertiary/aromatic N) is 2. The summed E-state index contributed by atoms with van der Waals surface area (Å²) < 4.78 is 68.7. The third-order valence-electron chi connectivity index (χ3n) is 5.58. The Morgan fingerprint density at radius 3 is 2.45 bits per heavy atom. The lowest BCUT2D eigenvalue weighted by atomic mass is 9.87. The number of carbonyl (C=O) groups excluding carboxylic acids is 2. The second-order valence-corrected chi connectivity index (χ2v) is 9.96. The molecule has 9 nitrogen and oxygen atoms in total. The van der Waals surface area contributed by atoms with E-state index in [2.05, 4.69) is 0 Å². The second kappa shape index (κ2) is 7.01. The molecule has 2 heterocycles. The molecule has 2 aliphatic heterocycles. The zero-order chi connectivity index (χ0) is 24.5. The summed E-state index contributed by atoms with van der Waals surface area (Å²) in [6.45, 7) is 2.41. The number of rotatable bonds is 3. The Kier molecular flexibility index (Phi) is 4.82. The molecule has 0 aromatic heterocycles. The molecule has 1 amide bonds. The first-order valence-corrected chi connectivity index (χ1v) is 10.9. The largest absolute Gasteiger partial charge is 0.501 e. The van der Waals surface area contributed by atoms with Crippen LogP contribution in [0.1, 0.15) is 41.4 Å². The maximum absolute atomic E-state index is 13.2. The van der Waals surface area contributed by atoms with E-state index in [9.17, 15) is 41.3 Å². The van der Waals surface area contributed by atoms with Crippen LogP contribution in [0, 0.1) is 10.1 Å². The molecule has 0 saturated carbocycles. The predicted octanol–water partition coefficient (Wildman–Crippen LogP) is 3.33. The first kappa shape index (κ1) is 22.7. The average Bonchev–Trinajstić information content (AvgIpc) is 3.04. The van der Waals surface area contributed by atoms with Crippen LogP contribution in [0.5, 0.6) is 5.75 Å². The predicted molar refractivity (Wildman–Crippen MR) is 105 cm³/mol. The molecule has 2 aromatic rings. The van der Waals surface area contributed by atoms with Gasteiger partial charge in [0.15, 0.2) is 5.60 Å². The molecule has 33 heavy (non-hydrogen) atoms. The standard InChI is InChI=1S/C20H15F3N2O7S/c1-19(2)17(26)16(24-9-13-11(18(24)27)4-3-5-14(13)25(28)29)12-8-10(6-7-15(12)32-19)33(30,31)20(21,22)23/h3-8,16H,9H2,1-2H3. The molecule has 0 saturated heterocycles. The summed E-state index contributed by atoms with van der Waals surface area (Å²) in [4.78, 5) is 36.9. The highest BCUT2D eigenvalue weighted by Crippen LogP contribution is 2.45. The van der Waals surface area contributed by atoms with Gasteiger partial charge in [0, 0.05) is 11.6 Å². The third-order valence-corrected chi connectivity index (χ3v) is 7.06. The van der Waals surface area contributed by atoms with Gasteiger partial charge in [-0.2, -0.15) is 13.2 Å². The van der Waals surface area contributed by atoms with Crippen LogP contribution in [0.2, 0.25) is 0 Å². The van der Waals surface area contributed by atoms with Crippen molar-refractivity contribution in [2.75, 3.05) is 0 Å². The number of ketones is 1. The van der Waals surface area contributed by atoms with Crippen LogP contribution in [0.25, 0.3) is 0 Å². The van der Waals surface area contributed by atoms with Crippen molar-refractivity contribution < 1.29 is 40.8 Å². The van der Waals surface area contributed by atoms with E-state index >= 15 is 0 Å². The van der Waals surface area contributed by atoms with Crippen molar-refractivity contribution in [2.24, 2.45) is 0 Å². The van der Waals surface area contributed by atoms with Crippen LogP contribution in [0.4, 0.5) is 18.9 Å². The van der Waals surface area contributed by atoms with Gasteiger partial charge in [0.25, 0.3) is 21.4 Å². The molecule has 0 bridgehead atoms. The molecular formula is C20H15F3N2O7S. The summed E-state index contributed by atoms with van der Waals surface area (Å²) in [6, 6.07) is 4.66. The van der Waals surface area contributed by atoms with Crippen molar-refractivity contribution in [1.29, 1.82) is 0 Å². The Balaban J connectivity index is 1.89. The van der Waals surface area contributed by atoms with E-state index in [1.165, 1.54) is 32.0 Å². The van der Waals surface area contributed by atoms with E-state index in [1.54, 1.807) is 0 Å². The Hall–Kier alpha value is -3.48. The van der Waals surface area contributed by atoms with E-state index in [0.29, 0.717) is 12.1 Å². The molecule has 1 atom stereocenters. The maximum Gasteiger partial charge on any atom is 0.501 e. The molecule has 0 fully saturated rings. The Morgan fingerprint density at radius 2 is 1.85 bits per heavy atom. The van der Waals surface area contributed by atoms with Crippen molar-refractivity contribution >= 4 is 27.2 Å². The van der Waals surface area contributed by atoms with Crippen molar-refractivity contribution in [1.82, 2.24) is 4.90 Å². The fraction of sp³-hybridized carbons (Fsp3) is 0.300. The zero-order valence-corrected chi connectivity index (χ0v) is 17.9. The second-order valence-electron chi connectivity index (χ2n) is 8.02. The van der Waals surface area contributed by atoms with Crippen molar-refractivity contribution in [3.8, 4) is 5.75 Å². The van der Waals surface area contributed by atoms with Gasteiger partial charge in [0.2, 0.25) is 5.78 Å². The molecule has 174 valence electrons. The molecule has 0 N–H and O–H groups in total. The summed E-state index contributed by atoms with van der Waals surface area (Å²) in [6.07, 6.45) is 0. The minimum absolute atomic E-state index is 0.0260. The van der Waals surface area contributed by atoms with E-state index in [-0.39, 0.29) is 34.7 Å². The summed E-state index contributed by atoms with van der Waals surface area (Å²) >= 11 is 0. The number of sulfone groups is 1. The molecule has 2 aliphatic rings. The number of fused-ring (bicyclic) bond motifs is 2. The number of hydrogen-bond acceptors (Lipinski definition) is 7. The van der Waals surface area contributed by atoms with Gasteiger partial charge in [-0.1, -0.05) is 6.07 Å². The molecule has 13 heteroatoms. The van der Waals surface area contributed by atoms with Crippen LogP contribution in [-0.2, 0) is 21.2 Å². The fourth-order valence-corrected chi connectivity index (χ4v) is 4.75. The van der Waals surface area contributed by atoms with E-state index < -0.39 is 48.5 Å². The van der Waals surface area contributed by atoms with E-state index in [4.69, 9.17) is 4.74 Å². The monoisotopic (exact) mass is 484 g/mol. The Labute approximate surface area is 184 Å². The number of ether oxygens (including phenoxy) is 1. The highest BCUT2D eigenvalue weighted by atomic mass is 32.2. The first-order valence-electron chi connectivity index (χ1n) is 9.42. The number of benzene rings is 2. The van der Waals surface area contributed by atoms with Crippen molar-refractivity contribution in [3.63, 3.8) is 0 Å². The fourth-order valence-electron chi connectivity index (χ4n) is 3.96. The Bertz CT molecular complexity index is 1340. The topological polar surface area (TPSA) is 124 Å². The van der Waals surface area contributed by atoms with Crippen molar-refractivity contribution in [3.05, 3.63) is 63.2 Å². The van der Waals surface area contributed by atoms with Gasteiger partial charge < -0.3 is 9.64 Å². The number of hydrogen-bond donors (Lipinski definition) is 0. The lowest BCUT2D eigenvalue weighted by Crippen LogP contribution is -2.50. The minimum atomic E-state index is -5.75. The van der Waals surface area contributed by atoms with Crippen molar-refractivity contribution in [2.45, 2.75) is 42.4 Å². The highest BCUT2D eigenvalue weighted by Gasteiger charge is 2.51. The van der Waals surface area contributed by atoms with E-state index in [1.807, 2.05) is 0 Å². The van der Waals surface area contributed by atoms with Gasteiger partial charge >= 0.3 is 5.51 Å². The first-order chi connectivity index (χ1) is 15.2. The van der Waals surface area contributed by atoms with Crippen LogP contribution in [-0.4, -0.2) is 41.0 Å². The molecule has 0 radical (unpaired) electrons. The minimum Gasteiger partial charge on any atom is -0.480 e. The number of nitro benzene ring substituents is 1. The number of halogens is 3. The summed E-state index contributed by atoms with van der Waals surface area (Å²) in [5, 5.41) is 11.4. The number of nitro groups is 1. The number of alkyl halides is 3. The van der Waals surface area contributed by atoms with Gasteiger partial charge in [0.05, 0.1) is 27.5 Å². The highest BCUT2D eigenvalue weighted by molar-refractivity contribution is 7.92. The number of Topliss-reactive ketones (excluding diaryl/α,β-unsaturated/α-hetero) is 1. The summed E-state index contributed by atoms with van der Waals surface area (Å²) in [7, 11) is -5.75. The molecule has 0 spiro atoms. The smallest absolute Gasteiger partial charge is 0.480 e. The van der Waals surface area contributed by atoms with E-state index in [0.717, 1.165) is 11.0 Å². The van der Waals surface area contributed by atoms with Crippen LogP contribution < -0.4 is 4.74 Å². The van der Waals surface area contributed by atoms with Crippen LogP contribution in [0.15, 0.2) is 41.3 Å². The molecule has 1 unspecified atom stereocenters. The van der Waals surface area contributed by atoms with Gasteiger partial charge in [-0.3, -0.25) is 19.7 Å². The summed E-state index contributed by atoms with van der Waals surface area (Å²) in [5.74, 6) is -1.55. The summed E-state index contributed by atoms with van der Waals surface area (Å²) in [5.41, 5.74) is -7.69.